The third kappa shape index (κ3) is 4.42. The number of aromatic nitrogens is 3. The molecule has 134 valence electrons. The van der Waals surface area contributed by atoms with Gasteiger partial charge in [-0.25, -0.2) is 0 Å². The lowest BCUT2D eigenvalue weighted by atomic mass is 9.95. The highest BCUT2D eigenvalue weighted by Gasteiger charge is 2.21. The normalized spacial score (nSPS) is 15.3. The Bertz CT molecular complexity index is 722. The van der Waals surface area contributed by atoms with Crippen molar-refractivity contribution in [3.05, 3.63) is 35.7 Å². The second kappa shape index (κ2) is 8.52. The van der Waals surface area contributed by atoms with Crippen LogP contribution < -0.4 is 5.32 Å². The number of nitrogens with one attached hydrogen (secondary N) is 1. The highest BCUT2D eigenvalue weighted by molar-refractivity contribution is 7.99. The molecule has 1 saturated carbocycles. The lowest BCUT2D eigenvalue weighted by molar-refractivity contribution is -0.113. The van der Waals surface area contributed by atoms with Crippen LogP contribution in [0.2, 0.25) is 0 Å². The number of rotatable bonds is 6. The predicted octanol–water partition coefficient (Wildman–Crippen LogP) is 4.38. The molecule has 1 aromatic heterocycles. The van der Waals surface area contributed by atoms with Gasteiger partial charge in [0.1, 0.15) is 5.82 Å². The first-order valence-corrected chi connectivity index (χ1v) is 10.1. The van der Waals surface area contributed by atoms with Crippen LogP contribution in [0.4, 0.5) is 5.69 Å². The Morgan fingerprint density at radius 3 is 2.76 bits per heavy atom. The SMILES string of the molecule is CCc1ccccc1NC(=O)CSc1nnc(C)n1C1CCCCC1. The van der Waals surface area contributed by atoms with Gasteiger partial charge < -0.3 is 9.88 Å². The van der Waals surface area contributed by atoms with Crippen molar-refractivity contribution >= 4 is 23.4 Å². The molecular formula is C19H26N4OS. The summed E-state index contributed by atoms with van der Waals surface area (Å²) < 4.78 is 2.23. The first-order chi connectivity index (χ1) is 12.2. The van der Waals surface area contributed by atoms with Gasteiger partial charge in [-0.3, -0.25) is 4.79 Å². The van der Waals surface area contributed by atoms with Crippen LogP contribution >= 0.6 is 11.8 Å². The van der Waals surface area contributed by atoms with E-state index < -0.39 is 0 Å². The quantitative estimate of drug-likeness (QED) is 0.778. The Morgan fingerprint density at radius 2 is 2.00 bits per heavy atom. The molecule has 1 fully saturated rings. The topological polar surface area (TPSA) is 59.8 Å². The minimum atomic E-state index is 0.00162. The van der Waals surface area contributed by atoms with Crippen LogP contribution in [0.1, 0.15) is 56.5 Å². The van der Waals surface area contributed by atoms with Crippen molar-refractivity contribution < 1.29 is 4.79 Å². The van der Waals surface area contributed by atoms with Gasteiger partial charge in [0.2, 0.25) is 5.91 Å². The van der Waals surface area contributed by atoms with Crippen LogP contribution in [-0.4, -0.2) is 26.4 Å². The van der Waals surface area contributed by atoms with Gasteiger partial charge >= 0.3 is 0 Å². The molecule has 1 aliphatic carbocycles. The summed E-state index contributed by atoms with van der Waals surface area (Å²) in [4.78, 5) is 12.4. The molecule has 6 heteroatoms. The van der Waals surface area contributed by atoms with Crippen molar-refractivity contribution in [2.75, 3.05) is 11.1 Å². The smallest absolute Gasteiger partial charge is 0.234 e. The van der Waals surface area contributed by atoms with Crippen LogP contribution in [0, 0.1) is 6.92 Å². The molecule has 5 nitrogen and oxygen atoms in total. The van der Waals surface area contributed by atoms with Gasteiger partial charge in [0.25, 0.3) is 0 Å². The third-order valence-corrected chi connectivity index (χ3v) is 5.72. The molecule has 1 aliphatic rings. The van der Waals surface area contributed by atoms with Gasteiger partial charge in [0, 0.05) is 11.7 Å². The summed E-state index contributed by atoms with van der Waals surface area (Å²) in [5.41, 5.74) is 2.06. The molecule has 1 heterocycles. The standard InChI is InChI=1S/C19H26N4OS/c1-3-15-9-7-8-12-17(15)20-18(24)13-25-19-22-21-14(2)23(19)16-10-5-4-6-11-16/h7-9,12,16H,3-6,10-11,13H2,1-2H3,(H,20,24). The second-order valence-electron chi connectivity index (χ2n) is 6.54. The average molecular weight is 359 g/mol. The summed E-state index contributed by atoms with van der Waals surface area (Å²) in [5, 5.41) is 12.4. The maximum atomic E-state index is 12.4. The van der Waals surface area contributed by atoms with E-state index in [4.69, 9.17) is 0 Å². The summed E-state index contributed by atoms with van der Waals surface area (Å²) in [5.74, 6) is 1.30. The molecule has 1 N–H and O–H groups in total. The summed E-state index contributed by atoms with van der Waals surface area (Å²) in [6.07, 6.45) is 7.12. The summed E-state index contributed by atoms with van der Waals surface area (Å²) in [6, 6.07) is 8.43. The maximum absolute atomic E-state index is 12.4. The average Bonchev–Trinajstić information content (AvgIpc) is 3.02. The van der Waals surface area contributed by atoms with Crippen LogP contribution in [0.3, 0.4) is 0 Å². The second-order valence-corrected chi connectivity index (χ2v) is 7.48. The zero-order valence-corrected chi connectivity index (χ0v) is 15.8. The fourth-order valence-electron chi connectivity index (χ4n) is 3.47. The summed E-state index contributed by atoms with van der Waals surface area (Å²) >= 11 is 1.48. The number of hydrogen-bond acceptors (Lipinski definition) is 4. The first kappa shape index (κ1) is 18.0. The van der Waals surface area contributed by atoms with E-state index in [0.29, 0.717) is 11.8 Å². The Hall–Kier alpha value is -1.82. The van der Waals surface area contributed by atoms with Gasteiger partial charge in [-0.1, -0.05) is 56.1 Å². The number of carbonyl (C=O) groups is 1. The minimum absolute atomic E-state index is 0.00162. The van der Waals surface area contributed by atoms with E-state index in [2.05, 4.69) is 27.0 Å². The zero-order valence-electron chi connectivity index (χ0n) is 15.0. The number of carbonyl (C=O) groups excluding carboxylic acids is 1. The highest BCUT2D eigenvalue weighted by Crippen LogP contribution is 2.32. The van der Waals surface area contributed by atoms with Crippen molar-refractivity contribution in [3.63, 3.8) is 0 Å². The molecule has 2 aromatic rings. The highest BCUT2D eigenvalue weighted by atomic mass is 32.2. The van der Waals surface area contributed by atoms with E-state index in [-0.39, 0.29) is 5.91 Å². The number of nitrogens with zero attached hydrogens (tertiary/aromatic N) is 3. The number of benzene rings is 1. The van der Waals surface area contributed by atoms with Crippen LogP contribution in [-0.2, 0) is 11.2 Å². The molecule has 0 saturated heterocycles. The summed E-state index contributed by atoms with van der Waals surface area (Å²) in [7, 11) is 0. The van der Waals surface area contributed by atoms with Crippen molar-refractivity contribution in [2.24, 2.45) is 0 Å². The van der Waals surface area contributed by atoms with E-state index in [1.165, 1.54) is 43.9 Å². The molecule has 0 radical (unpaired) electrons. The zero-order chi connectivity index (χ0) is 17.6. The van der Waals surface area contributed by atoms with Crippen molar-refractivity contribution in [2.45, 2.75) is 63.6 Å². The number of para-hydroxylation sites is 1. The fraction of sp³-hybridized carbons (Fsp3) is 0.526. The van der Waals surface area contributed by atoms with E-state index in [1.54, 1.807) is 0 Å². The van der Waals surface area contributed by atoms with Crippen molar-refractivity contribution in [1.29, 1.82) is 0 Å². The molecule has 1 aromatic carbocycles. The van der Waals surface area contributed by atoms with Gasteiger partial charge in [0.15, 0.2) is 5.16 Å². The largest absolute Gasteiger partial charge is 0.325 e. The Kier molecular flexibility index (Phi) is 6.13. The molecule has 0 spiro atoms. The van der Waals surface area contributed by atoms with Crippen molar-refractivity contribution in [3.8, 4) is 0 Å². The molecule has 25 heavy (non-hydrogen) atoms. The Balaban J connectivity index is 1.62. The maximum Gasteiger partial charge on any atom is 0.234 e. The van der Waals surface area contributed by atoms with Crippen LogP contribution in [0.25, 0.3) is 0 Å². The number of thioether (sulfide) groups is 1. The first-order valence-electron chi connectivity index (χ1n) is 9.11. The molecule has 1 amide bonds. The molecule has 0 bridgehead atoms. The molecule has 0 atom stereocenters. The van der Waals surface area contributed by atoms with Gasteiger partial charge in [-0.2, -0.15) is 0 Å². The predicted molar refractivity (Wildman–Crippen MR) is 102 cm³/mol. The molecule has 0 unspecified atom stereocenters. The van der Waals surface area contributed by atoms with Gasteiger partial charge in [-0.05, 0) is 37.8 Å². The molecule has 0 aliphatic heterocycles. The third-order valence-electron chi connectivity index (χ3n) is 4.78. The van der Waals surface area contributed by atoms with E-state index in [9.17, 15) is 4.79 Å². The van der Waals surface area contributed by atoms with E-state index in [1.807, 2.05) is 31.2 Å². The number of amides is 1. The van der Waals surface area contributed by atoms with Gasteiger partial charge in [0.05, 0.1) is 5.75 Å². The fourth-order valence-corrected chi connectivity index (χ4v) is 4.33. The number of anilines is 1. The number of hydrogen-bond donors (Lipinski definition) is 1. The van der Waals surface area contributed by atoms with E-state index in [0.717, 1.165) is 28.7 Å². The monoisotopic (exact) mass is 358 g/mol. The minimum Gasteiger partial charge on any atom is -0.325 e. The lowest BCUT2D eigenvalue weighted by Crippen LogP contribution is -2.18. The van der Waals surface area contributed by atoms with E-state index >= 15 is 0 Å². The van der Waals surface area contributed by atoms with Gasteiger partial charge in [-0.15, -0.1) is 10.2 Å². The summed E-state index contributed by atoms with van der Waals surface area (Å²) in [6.45, 7) is 4.10. The van der Waals surface area contributed by atoms with Crippen LogP contribution in [0.15, 0.2) is 29.4 Å². The number of aryl methyl sites for hydroxylation is 2. The lowest BCUT2D eigenvalue weighted by Gasteiger charge is -2.24. The van der Waals surface area contributed by atoms with Crippen molar-refractivity contribution in [1.82, 2.24) is 14.8 Å². The Labute approximate surface area is 153 Å². The Morgan fingerprint density at radius 1 is 1.24 bits per heavy atom. The molecule has 3 rings (SSSR count). The van der Waals surface area contributed by atoms with Crippen LogP contribution in [0.5, 0.6) is 0 Å². The molecular weight excluding hydrogens is 332 g/mol.